The molecular weight excluding hydrogens is 218 g/mol. The summed E-state index contributed by atoms with van der Waals surface area (Å²) >= 11 is 0. The fraction of sp³-hybridized carbons (Fsp3) is 0.923. The van der Waals surface area contributed by atoms with Crippen LogP contribution in [0.4, 0.5) is 0 Å². The quantitative estimate of drug-likeness (QED) is 0.801. The van der Waals surface area contributed by atoms with E-state index in [0.717, 1.165) is 19.4 Å². The Morgan fingerprint density at radius 3 is 2.29 bits per heavy atom. The molecule has 0 saturated carbocycles. The van der Waals surface area contributed by atoms with Crippen molar-refractivity contribution in [2.45, 2.75) is 47.5 Å². The summed E-state index contributed by atoms with van der Waals surface area (Å²) in [6.07, 6.45) is 1.88. The molecule has 1 amide bonds. The number of amides is 1. The first kappa shape index (κ1) is 18.7. The smallest absolute Gasteiger partial charge is 0.216 e. The molecule has 2 N–H and O–H groups in total. The van der Waals surface area contributed by atoms with Crippen molar-refractivity contribution in [3.63, 3.8) is 0 Å². The minimum absolute atomic E-state index is 0.0570. The molecule has 0 spiro atoms. The van der Waals surface area contributed by atoms with Crippen molar-refractivity contribution >= 4 is 5.91 Å². The molecule has 1 aliphatic heterocycles. The molecule has 1 fully saturated rings. The maximum absolute atomic E-state index is 10.7. The summed E-state index contributed by atoms with van der Waals surface area (Å²) in [6, 6.07) is 0. The van der Waals surface area contributed by atoms with E-state index in [1.807, 2.05) is 27.7 Å². The van der Waals surface area contributed by atoms with Crippen LogP contribution in [-0.2, 0) is 9.53 Å². The molecule has 4 nitrogen and oxygen atoms in total. The first-order valence-corrected chi connectivity index (χ1v) is 6.62. The third-order valence-corrected chi connectivity index (χ3v) is 2.45. The highest BCUT2D eigenvalue weighted by atomic mass is 16.5. The molecule has 0 radical (unpaired) electrons. The molecule has 1 atom stereocenters. The molecule has 104 valence electrons. The zero-order chi connectivity index (χ0) is 13.7. The Bertz CT molecular complexity index is 178. The number of aliphatic hydroxyl groups is 1. The van der Waals surface area contributed by atoms with Crippen LogP contribution in [-0.4, -0.2) is 37.4 Å². The Labute approximate surface area is 106 Å². The van der Waals surface area contributed by atoms with Gasteiger partial charge in [-0.15, -0.1) is 0 Å². The molecule has 1 aliphatic rings. The number of rotatable bonds is 3. The van der Waals surface area contributed by atoms with Gasteiger partial charge in [0.1, 0.15) is 0 Å². The summed E-state index contributed by atoms with van der Waals surface area (Å²) in [5, 5.41) is 12.0. The lowest BCUT2D eigenvalue weighted by atomic mass is 9.83. The summed E-state index contributed by atoms with van der Waals surface area (Å²) in [4.78, 5) is 10.7. The fourth-order valence-electron chi connectivity index (χ4n) is 1.54. The van der Waals surface area contributed by atoms with Crippen LogP contribution in [0.1, 0.15) is 47.5 Å². The highest BCUT2D eigenvalue weighted by molar-refractivity contribution is 5.72. The van der Waals surface area contributed by atoms with Crippen LogP contribution in [0.25, 0.3) is 0 Å². The number of nitrogens with one attached hydrogen (secondary N) is 1. The van der Waals surface area contributed by atoms with Crippen molar-refractivity contribution < 1.29 is 14.6 Å². The molecular formula is C13H29NO3. The van der Waals surface area contributed by atoms with Gasteiger partial charge in [-0.25, -0.2) is 0 Å². The minimum Gasteiger partial charge on any atom is -0.396 e. The maximum Gasteiger partial charge on any atom is 0.216 e. The van der Waals surface area contributed by atoms with Crippen molar-refractivity contribution in [2.75, 3.05) is 26.4 Å². The first-order chi connectivity index (χ1) is 8.18. The fourth-order valence-corrected chi connectivity index (χ4v) is 1.54. The number of hydrogen-bond donors (Lipinski definition) is 2. The number of aliphatic hydroxyl groups excluding tert-OH is 1. The molecule has 0 aliphatic carbocycles. The molecule has 0 bridgehead atoms. The summed E-state index contributed by atoms with van der Waals surface area (Å²) in [5.74, 6) is -0.0570. The molecule has 0 aromatic heterocycles. The van der Waals surface area contributed by atoms with Gasteiger partial charge in [0, 0.05) is 25.5 Å². The third kappa shape index (κ3) is 8.16. The van der Waals surface area contributed by atoms with Crippen LogP contribution in [0, 0.1) is 5.41 Å². The normalized spacial score (nSPS) is 22.5. The zero-order valence-electron chi connectivity index (χ0n) is 12.0. The van der Waals surface area contributed by atoms with Gasteiger partial charge in [-0.1, -0.05) is 27.7 Å². The highest BCUT2D eigenvalue weighted by Gasteiger charge is 2.32. The summed E-state index contributed by atoms with van der Waals surface area (Å²) in [6.45, 7) is 11.4. The molecule has 4 heteroatoms. The van der Waals surface area contributed by atoms with Crippen LogP contribution in [0.2, 0.25) is 0 Å². The van der Waals surface area contributed by atoms with Crippen molar-refractivity contribution in [3.05, 3.63) is 0 Å². The van der Waals surface area contributed by atoms with Gasteiger partial charge in [0.15, 0.2) is 0 Å². The van der Waals surface area contributed by atoms with E-state index < -0.39 is 0 Å². The second kappa shape index (κ2) is 11.9. The lowest BCUT2D eigenvalue weighted by Gasteiger charge is -2.35. The van der Waals surface area contributed by atoms with E-state index in [4.69, 9.17) is 4.74 Å². The average molecular weight is 247 g/mol. The Balaban J connectivity index is 0. The summed E-state index contributed by atoms with van der Waals surface area (Å²) in [5.41, 5.74) is -0.246. The number of carbonyl (C=O) groups is 1. The molecule has 1 rings (SSSR count). The van der Waals surface area contributed by atoms with Gasteiger partial charge < -0.3 is 15.2 Å². The van der Waals surface area contributed by atoms with E-state index in [2.05, 4.69) is 5.32 Å². The van der Waals surface area contributed by atoms with E-state index in [1.165, 1.54) is 6.92 Å². The van der Waals surface area contributed by atoms with Gasteiger partial charge in [0.05, 0.1) is 13.2 Å². The first-order valence-electron chi connectivity index (χ1n) is 6.62. The minimum atomic E-state index is -0.246. The number of carbonyl (C=O) groups excluding carboxylic acids is 1. The Morgan fingerprint density at radius 2 is 1.94 bits per heavy atom. The Kier molecular flexibility index (Phi) is 13.1. The molecule has 0 aromatic rings. The summed E-state index contributed by atoms with van der Waals surface area (Å²) < 4.78 is 5.30. The Morgan fingerprint density at radius 1 is 1.35 bits per heavy atom. The van der Waals surface area contributed by atoms with E-state index in [1.54, 1.807) is 0 Å². The van der Waals surface area contributed by atoms with E-state index >= 15 is 0 Å². The second-order valence-corrected chi connectivity index (χ2v) is 3.72. The van der Waals surface area contributed by atoms with Crippen LogP contribution in [0.15, 0.2) is 0 Å². The third-order valence-electron chi connectivity index (χ3n) is 2.45. The second-order valence-electron chi connectivity index (χ2n) is 3.72. The lowest BCUT2D eigenvalue weighted by molar-refractivity contribution is -0.120. The zero-order valence-corrected chi connectivity index (χ0v) is 12.0. The van der Waals surface area contributed by atoms with Gasteiger partial charge in [-0.3, -0.25) is 4.79 Å². The van der Waals surface area contributed by atoms with Gasteiger partial charge in [-0.2, -0.15) is 0 Å². The monoisotopic (exact) mass is 247 g/mol. The molecule has 1 unspecified atom stereocenters. The SMILES string of the molecule is CC.CC.CC(=O)NCC1(CO)CCCOC1. The molecule has 1 heterocycles. The molecule has 1 saturated heterocycles. The molecule has 0 aromatic carbocycles. The molecule has 17 heavy (non-hydrogen) atoms. The van der Waals surface area contributed by atoms with Crippen molar-refractivity contribution in [2.24, 2.45) is 5.41 Å². The Hall–Kier alpha value is -0.610. The van der Waals surface area contributed by atoms with Crippen molar-refractivity contribution in [1.82, 2.24) is 5.32 Å². The topological polar surface area (TPSA) is 58.6 Å². The number of ether oxygens (including phenoxy) is 1. The standard InChI is InChI=1S/C9H17NO3.2C2H6/c1-8(12)10-5-9(6-11)3-2-4-13-7-9;2*1-2/h11H,2-7H2,1H3,(H,10,12);2*1-2H3. The van der Waals surface area contributed by atoms with Crippen molar-refractivity contribution in [3.8, 4) is 0 Å². The van der Waals surface area contributed by atoms with Crippen LogP contribution >= 0.6 is 0 Å². The van der Waals surface area contributed by atoms with E-state index in [9.17, 15) is 9.90 Å². The van der Waals surface area contributed by atoms with Crippen molar-refractivity contribution in [1.29, 1.82) is 0 Å². The summed E-state index contributed by atoms with van der Waals surface area (Å²) in [7, 11) is 0. The van der Waals surface area contributed by atoms with Crippen LogP contribution in [0.5, 0.6) is 0 Å². The van der Waals surface area contributed by atoms with Gasteiger partial charge in [0.2, 0.25) is 5.91 Å². The predicted octanol–water partition coefficient (Wildman–Crippen LogP) is 1.96. The van der Waals surface area contributed by atoms with Gasteiger partial charge in [0.25, 0.3) is 0 Å². The van der Waals surface area contributed by atoms with E-state index in [-0.39, 0.29) is 17.9 Å². The van der Waals surface area contributed by atoms with Crippen LogP contribution in [0.3, 0.4) is 0 Å². The van der Waals surface area contributed by atoms with Gasteiger partial charge >= 0.3 is 0 Å². The number of hydrogen-bond acceptors (Lipinski definition) is 3. The maximum atomic E-state index is 10.7. The average Bonchev–Trinajstić information content (AvgIpc) is 2.42. The highest BCUT2D eigenvalue weighted by Crippen LogP contribution is 2.26. The predicted molar refractivity (Wildman–Crippen MR) is 71.0 cm³/mol. The lowest BCUT2D eigenvalue weighted by Crippen LogP contribution is -2.44. The van der Waals surface area contributed by atoms with E-state index in [0.29, 0.717) is 13.2 Å². The largest absolute Gasteiger partial charge is 0.396 e. The van der Waals surface area contributed by atoms with Gasteiger partial charge in [-0.05, 0) is 12.8 Å². The van der Waals surface area contributed by atoms with Crippen LogP contribution < -0.4 is 5.32 Å².